The largest absolute Gasteiger partial charge is 0.465 e. The Bertz CT molecular complexity index is 881. The quantitative estimate of drug-likeness (QED) is 0.473. The smallest absolute Gasteiger partial charge is 0.349 e. The van der Waals surface area contributed by atoms with Gasteiger partial charge < -0.3 is 9.47 Å². The van der Waals surface area contributed by atoms with Crippen LogP contribution >= 0.6 is 27.5 Å². The monoisotopic (exact) mass is 438 g/mol. The van der Waals surface area contributed by atoms with Crippen molar-refractivity contribution in [3.05, 3.63) is 57.0 Å². The van der Waals surface area contributed by atoms with Crippen molar-refractivity contribution in [2.75, 3.05) is 7.11 Å². The van der Waals surface area contributed by atoms with Crippen molar-refractivity contribution >= 4 is 50.2 Å². The van der Waals surface area contributed by atoms with Gasteiger partial charge in [-0.25, -0.2) is 9.59 Å². The van der Waals surface area contributed by atoms with Crippen LogP contribution in [0.25, 0.3) is 10.8 Å². The Kier molecular flexibility index (Phi) is 6.48. The van der Waals surface area contributed by atoms with Crippen molar-refractivity contribution in [3.8, 4) is 0 Å². The van der Waals surface area contributed by atoms with Crippen LogP contribution in [-0.4, -0.2) is 24.6 Å². The summed E-state index contributed by atoms with van der Waals surface area (Å²) in [4.78, 5) is 23.6. The molecule has 0 radical (unpaired) electrons. The predicted molar refractivity (Wildman–Crippen MR) is 106 cm³/mol. The number of halogens is 2. The van der Waals surface area contributed by atoms with E-state index in [1.54, 1.807) is 39.0 Å². The summed E-state index contributed by atoms with van der Waals surface area (Å²) in [7, 11) is 1.35. The fraction of sp³-hybridized carbons (Fsp3) is 0.300. The molecule has 0 N–H and O–H groups in total. The Morgan fingerprint density at radius 1 is 1.19 bits per heavy atom. The van der Waals surface area contributed by atoms with Crippen molar-refractivity contribution in [1.82, 2.24) is 0 Å². The van der Waals surface area contributed by atoms with Crippen LogP contribution in [0.2, 0.25) is 0 Å². The summed E-state index contributed by atoms with van der Waals surface area (Å²) in [5.74, 6) is -0.919. The van der Waals surface area contributed by atoms with E-state index in [9.17, 15) is 9.59 Å². The van der Waals surface area contributed by atoms with E-state index in [1.165, 1.54) is 7.11 Å². The molecule has 0 unspecified atom stereocenters. The molecule has 6 heteroatoms. The van der Waals surface area contributed by atoms with Crippen molar-refractivity contribution < 1.29 is 19.1 Å². The molecule has 2 rings (SSSR count). The molecule has 0 aliphatic heterocycles. The minimum absolute atomic E-state index is 0.0490. The number of esters is 2. The summed E-state index contributed by atoms with van der Waals surface area (Å²) in [5.41, 5.74) is 0.865. The molecule has 0 atom stereocenters. The molecule has 0 fully saturated rings. The van der Waals surface area contributed by atoms with Gasteiger partial charge in [0.2, 0.25) is 0 Å². The summed E-state index contributed by atoms with van der Waals surface area (Å²) in [5, 5.41) is 1.91. The first-order valence-electron chi connectivity index (χ1n) is 8.01. The van der Waals surface area contributed by atoms with Crippen LogP contribution in [-0.2, 0) is 20.7 Å². The van der Waals surface area contributed by atoms with E-state index in [0.29, 0.717) is 12.0 Å². The Labute approximate surface area is 166 Å². The zero-order valence-electron chi connectivity index (χ0n) is 15.1. The maximum absolute atomic E-state index is 11.9. The van der Waals surface area contributed by atoms with Gasteiger partial charge in [0.1, 0.15) is 10.6 Å². The highest BCUT2D eigenvalue weighted by Gasteiger charge is 2.18. The summed E-state index contributed by atoms with van der Waals surface area (Å²) >= 11 is 9.64. The predicted octanol–water partition coefficient (Wildman–Crippen LogP) is 5.40. The molecule has 0 spiro atoms. The van der Waals surface area contributed by atoms with Gasteiger partial charge in [-0.2, -0.15) is 0 Å². The third-order valence-electron chi connectivity index (χ3n) is 3.55. The van der Waals surface area contributed by atoms with Gasteiger partial charge in [0.15, 0.2) is 0 Å². The third kappa shape index (κ3) is 5.08. The number of ether oxygens (including phenoxy) is 2. The van der Waals surface area contributed by atoms with Crippen LogP contribution in [0.5, 0.6) is 0 Å². The lowest BCUT2D eigenvalue weighted by molar-refractivity contribution is -0.149. The van der Waals surface area contributed by atoms with E-state index >= 15 is 0 Å². The zero-order valence-corrected chi connectivity index (χ0v) is 17.4. The molecule has 0 aliphatic carbocycles. The Balaban J connectivity index is 2.25. The number of carbonyl (C=O) groups excluding carboxylic acids is 2. The Morgan fingerprint density at radius 2 is 1.88 bits per heavy atom. The average molecular weight is 440 g/mol. The van der Waals surface area contributed by atoms with Crippen LogP contribution in [0.3, 0.4) is 0 Å². The van der Waals surface area contributed by atoms with Gasteiger partial charge in [-0.1, -0.05) is 35.9 Å². The van der Waals surface area contributed by atoms with Crippen molar-refractivity contribution in [2.45, 2.75) is 32.8 Å². The molecular formula is C20H20BrClO4. The number of benzene rings is 2. The second-order valence-electron chi connectivity index (χ2n) is 6.72. The zero-order chi connectivity index (χ0) is 19.5. The first-order valence-corrected chi connectivity index (χ1v) is 9.18. The average Bonchev–Trinajstić information content (AvgIpc) is 2.58. The molecule has 4 nitrogen and oxygen atoms in total. The van der Waals surface area contributed by atoms with E-state index in [4.69, 9.17) is 21.1 Å². The van der Waals surface area contributed by atoms with E-state index in [-0.39, 0.29) is 11.0 Å². The third-order valence-corrected chi connectivity index (χ3v) is 4.80. The highest BCUT2D eigenvalue weighted by atomic mass is 79.9. The lowest BCUT2D eigenvalue weighted by Crippen LogP contribution is -2.23. The Hall–Kier alpha value is -1.85. The van der Waals surface area contributed by atoms with E-state index in [0.717, 1.165) is 20.8 Å². The molecule has 0 aromatic heterocycles. The van der Waals surface area contributed by atoms with Gasteiger partial charge in [0.05, 0.1) is 12.7 Å². The second kappa shape index (κ2) is 8.23. The highest BCUT2D eigenvalue weighted by Crippen LogP contribution is 2.29. The SMILES string of the molecule is COC(=O)c1ccc2c(Br)c(CC=C(Cl)C(=O)OC(C)(C)C)ccc2c1. The summed E-state index contributed by atoms with van der Waals surface area (Å²) in [6, 6.07) is 9.18. The van der Waals surface area contributed by atoms with Crippen LogP contribution in [0.4, 0.5) is 0 Å². The standard InChI is InChI=1S/C20H20BrClO4/c1-20(2,3)26-19(24)16(22)10-8-12-5-6-13-11-14(18(23)25-4)7-9-15(13)17(12)21/h5-7,9-11H,8H2,1-4H3. The number of fused-ring (bicyclic) bond motifs is 1. The van der Waals surface area contributed by atoms with E-state index in [1.807, 2.05) is 18.2 Å². The molecule has 26 heavy (non-hydrogen) atoms. The molecule has 0 aliphatic rings. The van der Waals surface area contributed by atoms with Gasteiger partial charge in [-0.05, 0) is 71.6 Å². The Morgan fingerprint density at radius 3 is 2.50 bits per heavy atom. The first kappa shape index (κ1) is 20.5. The summed E-state index contributed by atoms with van der Waals surface area (Å²) in [6.07, 6.45) is 2.09. The van der Waals surface area contributed by atoms with Crippen LogP contribution in [0.1, 0.15) is 36.7 Å². The van der Waals surface area contributed by atoms with Crippen LogP contribution in [0.15, 0.2) is 45.9 Å². The number of methoxy groups -OCH3 is 1. The molecular weight excluding hydrogens is 420 g/mol. The van der Waals surface area contributed by atoms with Crippen molar-refractivity contribution in [2.24, 2.45) is 0 Å². The van der Waals surface area contributed by atoms with Gasteiger partial charge >= 0.3 is 11.9 Å². The number of rotatable bonds is 4. The van der Waals surface area contributed by atoms with Crippen LogP contribution < -0.4 is 0 Å². The van der Waals surface area contributed by atoms with E-state index in [2.05, 4.69) is 15.9 Å². The molecule has 0 amide bonds. The lowest BCUT2D eigenvalue weighted by Gasteiger charge is -2.19. The van der Waals surface area contributed by atoms with Crippen molar-refractivity contribution in [3.63, 3.8) is 0 Å². The van der Waals surface area contributed by atoms with Gasteiger partial charge in [0.25, 0.3) is 0 Å². The summed E-state index contributed by atoms with van der Waals surface area (Å²) in [6.45, 7) is 5.37. The second-order valence-corrected chi connectivity index (χ2v) is 7.92. The fourth-order valence-corrected chi connectivity index (χ4v) is 3.12. The molecule has 0 saturated carbocycles. The molecule has 0 heterocycles. The normalized spacial score (nSPS) is 12.2. The molecule has 2 aromatic rings. The number of allylic oxidation sites excluding steroid dienone is 1. The molecule has 0 bridgehead atoms. The molecule has 138 valence electrons. The van der Waals surface area contributed by atoms with E-state index < -0.39 is 11.6 Å². The highest BCUT2D eigenvalue weighted by molar-refractivity contribution is 9.10. The van der Waals surface area contributed by atoms with Gasteiger partial charge in [0, 0.05) is 4.47 Å². The molecule has 0 saturated heterocycles. The van der Waals surface area contributed by atoms with Gasteiger partial charge in [-0.3, -0.25) is 0 Å². The minimum Gasteiger partial charge on any atom is -0.465 e. The number of hydrogen-bond acceptors (Lipinski definition) is 4. The van der Waals surface area contributed by atoms with Gasteiger partial charge in [-0.15, -0.1) is 0 Å². The summed E-state index contributed by atoms with van der Waals surface area (Å²) < 4.78 is 10.9. The topological polar surface area (TPSA) is 52.6 Å². The number of carbonyl (C=O) groups is 2. The lowest BCUT2D eigenvalue weighted by atomic mass is 10.0. The maximum Gasteiger partial charge on any atom is 0.349 e. The van der Waals surface area contributed by atoms with Crippen LogP contribution in [0, 0.1) is 0 Å². The fourth-order valence-electron chi connectivity index (χ4n) is 2.35. The minimum atomic E-state index is -0.591. The maximum atomic E-state index is 11.9. The molecule has 2 aromatic carbocycles. The number of hydrogen-bond donors (Lipinski definition) is 0. The van der Waals surface area contributed by atoms with Crippen molar-refractivity contribution in [1.29, 1.82) is 0 Å². The first-order chi connectivity index (χ1) is 12.1.